The van der Waals surface area contributed by atoms with Crippen LogP contribution < -0.4 is 4.90 Å². The number of piperazine rings is 1. The van der Waals surface area contributed by atoms with E-state index in [9.17, 15) is 4.79 Å². The summed E-state index contributed by atoms with van der Waals surface area (Å²) in [5.41, 5.74) is 2.11. The van der Waals surface area contributed by atoms with Crippen LogP contribution >= 0.6 is 0 Å². The molecule has 0 aliphatic carbocycles. The van der Waals surface area contributed by atoms with Crippen molar-refractivity contribution in [3.8, 4) is 0 Å². The van der Waals surface area contributed by atoms with Crippen LogP contribution in [-0.4, -0.2) is 72.9 Å². The minimum atomic E-state index is 0.0612. The molecule has 138 valence electrons. The Morgan fingerprint density at radius 2 is 2.04 bits per heavy atom. The molecule has 2 fully saturated rings. The van der Waals surface area contributed by atoms with Crippen molar-refractivity contribution in [3.63, 3.8) is 0 Å². The van der Waals surface area contributed by atoms with E-state index in [1.807, 2.05) is 18.7 Å². The second kappa shape index (κ2) is 8.58. The molecule has 0 bridgehead atoms. The van der Waals surface area contributed by atoms with Gasteiger partial charge in [-0.3, -0.25) is 4.79 Å². The lowest BCUT2D eigenvalue weighted by Crippen LogP contribution is -2.50. The van der Waals surface area contributed by atoms with Gasteiger partial charge in [-0.05, 0) is 33.1 Å². The normalized spacial score (nSPS) is 21.4. The molecule has 1 aromatic heterocycles. The lowest BCUT2D eigenvalue weighted by Gasteiger charge is -2.36. The molecule has 2 saturated heterocycles. The van der Waals surface area contributed by atoms with Crippen LogP contribution in [0, 0.1) is 13.8 Å². The van der Waals surface area contributed by atoms with E-state index in [-0.39, 0.29) is 18.6 Å². The van der Waals surface area contributed by atoms with E-state index in [0.29, 0.717) is 19.7 Å². The van der Waals surface area contributed by atoms with E-state index >= 15 is 0 Å². The average Bonchev–Trinajstić information content (AvgIpc) is 2.65. The number of rotatable bonds is 5. The van der Waals surface area contributed by atoms with Crippen LogP contribution in [0.3, 0.4) is 0 Å². The first-order valence-corrected chi connectivity index (χ1v) is 9.15. The minimum Gasteiger partial charge on any atom is -0.376 e. The monoisotopic (exact) mass is 348 g/mol. The molecule has 1 atom stereocenters. The van der Waals surface area contributed by atoms with Crippen molar-refractivity contribution in [1.82, 2.24) is 14.9 Å². The van der Waals surface area contributed by atoms with Crippen molar-refractivity contribution < 1.29 is 14.3 Å². The van der Waals surface area contributed by atoms with Crippen LogP contribution in [0.15, 0.2) is 6.33 Å². The second-order valence-electron chi connectivity index (χ2n) is 6.78. The highest BCUT2D eigenvalue weighted by Crippen LogP contribution is 2.19. The van der Waals surface area contributed by atoms with Gasteiger partial charge in [-0.1, -0.05) is 0 Å². The van der Waals surface area contributed by atoms with Crippen molar-refractivity contribution >= 4 is 11.7 Å². The number of aromatic nitrogens is 2. The Morgan fingerprint density at radius 3 is 2.76 bits per heavy atom. The Labute approximate surface area is 149 Å². The molecular weight excluding hydrogens is 320 g/mol. The van der Waals surface area contributed by atoms with E-state index in [1.54, 1.807) is 6.33 Å². The first kappa shape index (κ1) is 18.1. The number of hydrogen-bond donors (Lipinski definition) is 0. The van der Waals surface area contributed by atoms with E-state index in [1.165, 1.54) is 6.42 Å². The summed E-state index contributed by atoms with van der Waals surface area (Å²) in [4.78, 5) is 25.1. The number of carbonyl (C=O) groups is 1. The molecule has 0 saturated carbocycles. The quantitative estimate of drug-likeness (QED) is 0.800. The van der Waals surface area contributed by atoms with Crippen molar-refractivity contribution in [2.45, 2.75) is 39.2 Å². The summed E-state index contributed by atoms with van der Waals surface area (Å²) in [5.74, 6) is 1.04. The van der Waals surface area contributed by atoms with Crippen LogP contribution in [0.5, 0.6) is 0 Å². The summed E-state index contributed by atoms with van der Waals surface area (Å²) in [7, 11) is 0. The maximum atomic E-state index is 12.3. The minimum absolute atomic E-state index is 0.0612. The molecule has 7 heteroatoms. The Kier molecular flexibility index (Phi) is 6.20. The van der Waals surface area contributed by atoms with Crippen molar-refractivity contribution in [2.75, 3.05) is 50.9 Å². The van der Waals surface area contributed by atoms with Gasteiger partial charge in [0.2, 0.25) is 5.91 Å². The number of hydrogen-bond acceptors (Lipinski definition) is 6. The smallest absolute Gasteiger partial charge is 0.248 e. The van der Waals surface area contributed by atoms with Gasteiger partial charge in [-0.2, -0.15) is 0 Å². The number of carbonyl (C=O) groups excluding carboxylic acids is 1. The third-order valence-electron chi connectivity index (χ3n) is 5.04. The predicted molar refractivity (Wildman–Crippen MR) is 94.7 cm³/mol. The lowest BCUT2D eigenvalue weighted by atomic mass is 10.1. The Hall–Kier alpha value is -1.73. The fourth-order valence-electron chi connectivity index (χ4n) is 3.32. The molecule has 0 radical (unpaired) electrons. The molecule has 2 aliphatic heterocycles. The molecular formula is C18H28N4O3. The van der Waals surface area contributed by atoms with Crippen molar-refractivity contribution in [2.24, 2.45) is 0 Å². The van der Waals surface area contributed by atoms with E-state index in [2.05, 4.69) is 14.9 Å². The van der Waals surface area contributed by atoms with Gasteiger partial charge in [0.15, 0.2) is 0 Å². The van der Waals surface area contributed by atoms with Crippen molar-refractivity contribution in [3.05, 3.63) is 17.6 Å². The molecule has 1 unspecified atom stereocenters. The van der Waals surface area contributed by atoms with E-state index in [4.69, 9.17) is 9.47 Å². The zero-order chi connectivity index (χ0) is 17.6. The maximum absolute atomic E-state index is 12.3. The highest BCUT2D eigenvalue weighted by molar-refractivity contribution is 5.77. The number of anilines is 1. The topological polar surface area (TPSA) is 67.8 Å². The van der Waals surface area contributed by atoms with E-state index in [0.717, 1.165) is 49.6 Å². The summed E-state index contributed by atoms with van der Waals surface area (Å²) in [5, 5.41) is 0. The molecule has 0 spiro atoms. The van der Waals surface area contributed by atoms with Gasteiger partial charge >= 0.3 is 0 Å². The largest absolute Gasteiger partial charge is 0.376 e. The summed E-state index contributed by atoms with van der Waals surface area (Å²) in [6, 6.07) is 0. The molecule has 1 amide bonds. The maximum Gasteiger partial charge on any atom is 0.248 e. The van der Waals surface area contributed by atoms with Crippen molar-refractivity contribution in [1.29, 1.82) is 0 Å². The highest BCUT2D eigenvalue weighted by Gasteiger charge is 2.23. The third-order valence-corrected chi connectivity index (χ3v) is 5.04. The van der Waals surface area contributed by atoms with Crippen LogP contribution in [0.4, 0.5) is 5.82 Å². The first-order chi connectivity index (χ1) is 12.1. The Morgan fingerprint density at radius 1 is 1.24 bits per heavy atom. The summed E-state index contributed by atoms with van der Waals surface area (Å²) in [6.45, 7) is 8.48. The SMILES string of the molecule is Cc1ncnc(N2CCN(C(=O)COCC3CCCCO3)CC2)c1C. The summed E-state index contributed by atoms with van der Waals surface area (Å²) >= 11 is 0. The molecule has 0 aromatic carbocycles. The lowest BCUT2D eigenvalue weighted by molar-refractivity contribution is -0.138. The summed E-state index contributed by atoms with van der Waals surface area (Å²) < 4.78 is 11.2. The molecule has 0 N–H and O–H groups in total. The van der Waals surface area contributed by atoms with Gasteiger partial charge in [-0.15, -0.1) is 0 Å². The van der Waals surface area contributed by atoms with Crippen LogP contribution in [-0.2, 0) is 14.3 Å². The van der Waals surface area contributed by atoms with E-state index < -0.39 is 0 Å². The molecule has 3 heterocycles. The number of ether oxygens (including phenoxy) is 2. The van der Waals surface area contributed by atoms with Crippen LogP contribution in [0.25, 0.3) is 0 Å². The predicted octanol–water partition coefficient (Wildman–Crippen LogP) is 1.33. The fourth-order valence-corrected chi connectivity index (χ4v) is 3.32. The Bertz CT molecular complexity index is 582. The standard InChI is InChI=1S/C18H28N4O3/c1-14-15(2)19-13-20-18(14)22-8-6-21(7-9-22)17(23)12-24-11-16-5-3-4-10-25-16/h13,16H,3-12H2,1-2H3. The third kappa shape index (κ3) is 4.67. The van der Waals surface area contributed by atoms with Crippen LogP contribution in [0.2, 0.25) is 0 Å². The Balaban J connectivity index is 1.42. The zero-order valence-electron chi connectivity index (χ0n) is 15.2. The highest BCUT2D eigenvalue weighted by atomic mass is 16.5. The van der Waals surface area contributed by atoms with Gasteiger partial charge in [-0.25, -0.2) is 9.97 Å². The van der Waals surface area contributed by atoms with Gasteiger partial charge in [0.25, 0.3) is 0 Å². The average molecular weight is 348 g/mol. The molecule has 1 aromatic rings. The number of aryl methyl sites for hydroxylation is 1. The zero-order valence-corrected chi connectivity index (χ0v) is 15.2. The summed E-state index contributed by atoms with van der Waals surface area (Å²) in [6.07, 6.45) is 5.11. The second-order valence-corrected chi connectivity index (χ2v) is 6.78. The molecule has 25 heavy (non-hydrogen) atoms. The van der Waals surface area contributed by atoms with Gasteiger partial charge in [0.05, 0.1) is 12.7 Å². The molecule has 3 rings (SSSR count). The number of amides is 1. The first-order valence-electron chi connectivity index (χ1n) is 9.15. The fraction of sp³-hybridized carbons (Fsp3) is 0.722. The van der Waals surface area contributed by atoms with Gasteiger partial charge in [0, 0.05) is 44.0 Å². The van der Waals surface area contributed by atoms with Crippen LogP contribution in [0.1, 0.15) is 30.5 Å². The van der Waals surface area contributed by atoms with Gasteiger partial charge < -0.3 is 19.3 Å². The number of nitrogens with zero attached hydrogens (tertiary/aromatic N) is 4. The molecule has 2 aliphatic rings. The van der Waals surface area contributed by atoms with Gasteiger partial charge in [0.1, 0.15) is 18.8 Å². The molecule has 7 nitrogen and oxygen atoms in total.